The predicted octanol–water partition coefficient (Wildman–Crippen LogP) is 3.46. The van der Waals surface area contributed by atoms with Crippen molar-refractivity contribution in [2.45, 2.75) is 13.5 Å². The van der Waals surface area contributed by atoms with Crippen molar-refractivity contribution < 1.29 is 9.13 Å². The van der Waals surface area contributed by atoms with Crippen LogP contribution in [0, 0.1) is 12.7 Å². The molecule has 0 aliphatic carbocycles. The van der Waals surface area contributed by atoms with E-state index in [1.165, 1.54) is 12.3 Å². The molecule has 0 amide bonds. The fraction of sp³-hybridized carbons (Fsp3) is 0.111. The van der Waals surface area contributed by atoms with Crippen molar-refractivity contribution in [3.8, 4) is 17.0 Å². The number of nitrogens with two attached hydrogens (primary N) is 1. The van der Waals surface area contributed by atoms with Gasteiger partial charge in [-0.1, -0.05) is 30.3 Å². The molecule has 3 aromatic rings. The van der Waals surface area contributed by atoms with Crippen molar-refractivity contribution in [2.75, 3.05) is 5.43 Å². The minimum absolute atomic E-state index is 0.216. The maximum Gasteiger partial charge on any atom is 0.165 e. The van der Waals surface area contributed by atoms with Gasteiger partial charge in [0, 0.05) is 5.56 Å². The van der Waals surface area contributed by atoms with E-state index in [1.807, 2.05) is 37.3 Å². The molecular formula is C18H17FN4O. The summed E-state index contributed by atoms with van der Waals surface area (Å²) in [5, 5.41) is 0. The van der Waals surface area contributed by atoms with Gasteiger partial charge in [-0.05, 0) is 30.2 Å². The highest BCUT2D eigenvalue weighted by Crippen LogP contribution is 2.29. The van der Waals surface area contributed by atoms with Crippen molar-refractivity contribution in [3.05, 3.63) is 71.8 Å². The van der Waals surface area contributed by atoms with Crippen LogP contribution in [-0.4, -0.2) is 9.97 Å². The summed E-state index contributed by atoms with van der Waals surface area (Å²) in [4.78, 5) is 8.32. The lowest BCUT2D eigenvalue weighted by molar-refractivity contribution is 0.290. The van der Waals surface area contributed by atoms with Gasteiger partial charge in [0.1, 0.15) is 6.61 Å². The average Bonchev–Trinajstić information content (AvgIpc) is 2.63. The van der Waals surface area contributed by atoms with Crippen LogP contribution < -0.4 is 16.0 Å². The van der Waals surface area contributed by atoms with Crippen molar-refractivity contribution in [1.29, 1.82) is 0 Å². The molecule has 3 rings (SSSR count). The molecule has 0 atom stereocenters. The third-order valence-corrected chi connectivity index (χ3v) is 3.59. The van der Waals surface area contributed by atoms with E-state index in [0.29, 0.717) is 23.7 Å². The molecule has 0 saturated heterocycles. The molecule has 24 heavy (non-hydrogen) atoms. The lowest BCUT2D eigenvalue weighted by Crippen LogP contribution is -2.08. The van der Waals surface area contributed by atoms with Crippen LogP contribution in [0.1, 0.15) is 11.1 Å². The molecule has 1 aromatic heterocycles. The number of hydrogen-bond acceptors (Lipinski definition) is 5. The molecule has 0 saturated carbocycles. The first-order valence-electron chi connectivity index (χ1n) is 7.43. The van der Waals surface area contributed by atoms with Gasteiger partial charge < -0.3 is 10.2 Å². The molecule has 0 aliphatic rings. The Morgan fingerprint density at radius 3 is 2.58 bits per heavy atom. The molecule has 0 unspecified atom stereocenters. The van der Waals surface area contributed by atoms with Gasteiger partial charge in [0.15, 0.2) is 17.4 Å². The van der Waals surface area contributed by atoms with Gasteiger partial charge in [-0.3, -0.25) is 4.98 Å². The quantitative estimate of drug-likeness (QED) is 0.555. The normalized spacial score (nSPS) is 10.5. The van der Waals surface area contributed by atoms with Crippen LogP contribution in [0.15, 0.2) is 54.9 Å². The molecule has 0 spiro atoms. The third kappa shape index (κ3) is 3.49. The Morgan fingerprint density at radius 1 is 1.12 bits per heavy atom. The maximum atomic E-state index is 14.4. The summed E-state index contributed by atoms with van der Waals surface area (Å²) in [7, 11) is 0. The van der Waals surface area contributed by atoms with Crippen LogP contribution in [0.4, 0.5) is 10.2 Å². The van der Waals surface area contributed by atoms with Gasteiger partial charge in [0.2, 0.25) is 0 Å². The second-order valence-corrected chi connectivity index (χ2v) is 5.30. The van der Waals surface area contributed by atoms with E-state index in [2.05, 4.69) is 15.4 Å². The van der Waals surface area contributed by atoms with Gasteiger partial charge in [-0.15, -0.1) is 0 Å². The largest absolute Gasteiger partial charge is 0.486 e. The topological polar surface area (TPSA) is 73.1 Å². The minimum Gasteiger partial charge on any atom is -0.486 e. The van der Waals surface area contributed by atoms with Gasteiger partial charge >= 0.3 is 0 Å². The van der Waals surface area contributed by atoms with Crippen molar-refractivity contribution >= 4 is 5.82 Å². The number of benzene rings is 2. The molecule has 0 radical (unpaired) electrons. The number of hydrogen-bond donors (Lipinski definition) is 2. The van der Waals surface area contributed by atoms with E-state index >= 15 is 0 Å². The first-order chi connectivity index (χ1) is 11.7. The highest BCUT2D eigenvalue weighted by molar-refractivity contribution is 5.64. The molecule has 1 heterocycles. The van der Waals surface area contributed by atoms with E-state index < -0.39 is 5.82 Å². The second-order valence-electron chi connectivity index (χ2n) is 5.30. The zero-order chi connectivity index (χ0) is 16.9. The number of aromatic nitrogens is 2. The molecule has 0 aliphatic heterocycles. The number of hydrazine groups is 1. The monoisotopic (exact) mass is 324 g/mol. The molecule has 2 aromatic carbocycles. The highest BCUT2D eigenvalue weighted by Gasteiger charge is 2.12. The third-order valence-electron chi connectivity index (χ3n) is 3.59. The Bertz CT molecular complexity index is 822. The fourth-order valence-corrected chi connectivity index (χ4v) is 2.32. The average molecular weight is 324 g/mol. The number of halogens is 1. The van der Waals surface area contributed by atoms with Crippen LogP contribution in [0.2, 0.25) is 0 Å². The van der Waals surface area contributed by atoms with Crippen LogP contribution in [0.25, 0.3) is 11.3 Å². The Balaban J connectivity index is 1.82. The molecule has 122 valence electrons. The van der Waals surface area contributed by atoms with Crippen molar-refractivity contribution in [2.24, 2.45) is 5.84 Å². The lowest BCUT2D eigenvalue weighted by Gasteiger charge is -2.11. The summed E-state index contributed by atoms with van der Waals surface area (Å²) in [5.41, 5.74) is 5.47. The van der Waals surface area contributed by atoms with Gasteiger partial charge in [0.25, 0.3) is 0 Å². The lowest BCUT2D eigenvalue weighted by atomic mass is 10.1. The summed E-state index contributed by atoms with van der Waals surface area (Å²) in [5.74, 6) is 5.49. The number of nitrogen functional groups attached to an aromatic ring is 1. The van der Waals surface area contributed by atoms with Crippen LogP contribution >= 0.6 is 0 Å². The van der Waals surface area contributed by atoms with E-state index in [0.717, 1.165) is 11.1 Å². The van der Waals surface area contributed by atoms with Crippen LogP contribution in [0.5, 0.6) is 5.75 Å². The number of aryl methyl sites for hydroxylation is 1. The number of ether oxygens (including phenoxy) is 1. The first kappa shape index (κ1) is 15.9. The smallest absolute Gasteiger partial charge is 0.165 e. The van der Waals surface area contributed by atoms with Gasteiger partial charge in [-0.25, -0.2) is 15.2 Å². The highest BCUT2D eigenvalue weighted by atomic mass is 19.1. The van der Waals surface area contributed by atoms with E-state index in [9.17, 15) is 4.39 Å². The second kappa shape index (κ2) is 7.06. The Hall–Kier alpha value is -2.99. The first-order valence-corrected chi connectivity index (χ1v) is 7.43. The Kier molecular flexibility index (Phi) is 4.67. The molecule has 3 N–H and O–H groups in total. The SMILES string of the molecule is Cc1cc(OCc2ccccc2)c(F)cc1-c1cnc(NN)cn1. The van der Waals surface area contributed by atoms with E-state index in [-0.39, 0.29) is 5.75 Å². The zero-order valence-electron chi connectivity index (χ0n) is 13.2. The Labute approximate surface area is 139 Å². The van der Waals surface area contributed by atoms with Crippen LogP contribution in [0.3, 0.4) is 0 Å². The molecule has 5 nitrogen and oxygen atoms in total. The van der Waals surface area contributed by atoms with Crippen LogP contribution in [-0.2, 0) is 6.61 Å². The molecule has 6 heteroatoms. The van der Waals surface area contributed by atoms with E-state index in [4.69, 9.17) is 10.6 Å². The summed E-state index contributed by atoms with van der Waals surface area (Å²) in [6, 6.07) is 12.7. The number of nitrogens with zero attached hydrogens (tertiary/aromatic N) is 2. The molecule has 0 fully saturated rings. The summed E-state index contributed by atoms with van der Waals surface area (Å²) in [6.07, 6.45) is 3.04. The summed E-state index contributed by atoms with van der Waals surface area (Å²) < 4.78 is 20.0. The predicted molar refractivity (Wildman–Crippen MR) is 90.7 cm³/mol. The fourth-order valence-electron chi connectivity index (χ4n) is 2.32. The van der Waals surface area contributed by atoms with Gasteiger partial charge in [-0.2, -0.15) is 0 Å². The summed E-state index contributed by atoms with van der Waals surface area (Å²) in [6.45, 7) is 2.19. The molecule has 0 bridgehead atoms. The van der Waals surface area contributed by atoms with Gasteiger partial charge in [0.05, 0.1) is 18.1 Å². The standard InChI is InChI=1S/C18H17FN4O/c1-12-7-17(24-11-13-5-3-2-4-6-13)15(19)8-14(12)16-9-22-18(23-20)10-21-16/h2-10H,11,20H2,1H3,(H,22,23). The van der Waals surface area contributed by atoms with E-state index in [1.54, 1.807) is 12.3 Å². The maximum absolute atomic E-state index is 14.4. The minimum atomic E-state index is -0.436. The number of rotatable bonds is 5. The number of anilines is 1. The number of nitrogens with one attached hydrogen (secondary N) is 1. The molecular weight excluding hydrogens is 307 g/mol. The Morgan fingerprint density at radius 2 is 1.92 bits per heavy atom. The summed E-state index contributed by atoms with van der Waals surface area (Å²) >= 11 is 0. The van der Waals surface area contributed by atoms with Crippen molar-refractivity contribution in [3.63, 3.8) is 0 Å². The zero-order valence-corrected chi connectivity index (χ0v) is 13.2. The van der Waals surface area contributed by atoms with Crippen molar-refractivity contribution in [1.82, 2.24) is 9.97 Å².